The predicted octanol–water partition coefficient (Wildman–Crippen LogP) is 3.41. The summed E-state index contributed by atoms with van der Waals surface area (Å²) in [5, 5.41) is 3.16. The Morgan fingerprint density at radius 1 is 1.14 bits per heavy atom. The van der Waals surface area contributed by atoms with Gasteiger partial charge in [-0.25, -0.2) is 0 Å². The van der Waals surface area contributed by atoms with Crippen LogP contribution in [0.25, 0.3) is 0 Å². The molecule has 0 atom stereocenters. The van der Waals surface area contributed by atoms with E-state index in [0.717, 1.165) is 42.4 Å². The zero-order chi connectivity index (χ0) is 15.5. The molecule has 1 amide bonds. The maximum Gasteiger partial charge on any atom is 0.252 e. The van der Waals surface area contributed by atoms with Crippen LogP contribution in [0.3, 0.4) is 0 Å². The minimum Gasteiger partial charge on any atom is -0.391 e. The fourth-order valence-corrected chi connectivity index (χ4v) is 3.47. The third-order valence-corrected chi connectivity index (χ3v) is 4.88. The average molecular weight is 304 g/mol. The van der Waals surface area contributed by atoms with Crippen LogP contribution < -0.4 is 11.1 Å². The van der Waals surface area contributed by atoms with Gasteiger partial charge in [-0.2, -0.15) is 0 Å². The van der Waals surface area contributed by atoms with Gasteiger partial charge in [-0.3, -0.25) is 4.79 Å². The van der Waals surface area contributed by atoms with E-state index in [1.807, 2.05) is 32.0 Å². The van der Waals surface area contributed by atoms with Crippen molar-refractivity contribution in [1.29, 1.82) is 0 Å². The second kappa shape index (κ2) is 6.56. The topological polar surface area (TPSA) is 55.1 Å². The third-order valence-electron chi connectivity index (χ3n) is 4.49. The molecular weight excluding hydrogens is 280 g/mol. The zero-order valence-electron chi connectivity index (χ0n) is 12.9. The van der Waals surface area contributed by atoms with Crippen molar-refractivity contribution in [1.82, 2.24) is 5.32 Å². The van der Waals surface area contributed by atoms with E-state index in [1.165, 1.54) is 12.8 Å². The highest BCUT2D eigenvalue weighted by Crippen LogP contribution is 2.28. The Morgan fingerprint density at radius 3 is 2.14 bits per heavy atom. The molecule has 1 fully saturated rings. The van der Waals surface area contributed by atoms with Gasteiger partial charge >= 0.3 is 0 Å². The molecule has 0 saturated heterocycles. The monoisotopic (exact) mass is 304 g/mol. The van der Waals surface area contributed by atoms with Gasteiger partial charge in [0.15, 0.2) is 0 Å². The summed E-state index contributed by atoms with van der Waals surface area (Å²) >= 11 is 5.28. The first-order chi connectivity index (χ1) is 9.96. The number of hydrogen-bond donors (Lipinski definition) is 2. The van der Waals surface area contributed by atoms with E-state index in [0.29, 0.717) is 4.99 Å². The highest BCUT2D eigenvalue weighted by molar-refractivity contribution is 7.80. The van der Waals surface area contributed by atoms with Crippen LogP contribution in [0.1, 0.15) is 60.0 Å². The van der Waals surface area contributed by atoms with Crippen LogP contribution in [-0.4, -0.2) is 16.4 Å². The lowest BCUT2D eigenvalue weighted by Crippen LogP contribution is -2.56. The van der Waals surface area contributed by atoms with Gasteiger partial charge in [-0.05, 0) is 37.8 Å². The van der Waals surface area contributed by atoms with E-state index in [1.54, 1.807) is 0 Å². The second-order valence-electron chi connectivity index (χ2n) is 6.08. The summed E-state index contributed by atoms with van der Waals surface area (Å²) in [6.07, 6.45) is 6.18. The van der Waals surface area contributed by atoms with E-state index in [2.05, 4.69) is 5.32 Å². The van der Waals surface area contributed by atoms with E-state index in [9.17, 15) is 4.79 Å². The molecule has 114 valence electrons. The molecule has 1 aromatic rings. The highest BCUT2D eigenvalue weighted by atomic mass is 32.1. The number of nitrogens with one attached hydrogen (secondary N) is 1. The smallest absolute Gasteiger partial charge is 0.252 e. The zero-order valence-corrected chi connectivity index (χ0v) is 13.7. The van der Waals surface area contributed by atoms with E-state index in [-0.39, 0.29) is 5.91 Å². The first kappa shape index (κ1) is 16.0. The van der Waals surface area contributed by atoms with Crippen molar-refractivity contribution in [3.63, 3.8) is 0 Å². The largest absolute Gasteiger partial charge is 0.391 e. The summed E-state index contributed by atoms with van der Waals surface area (Å²) in [5.74, 6) is -0.0553. The number of thiocarbonyl (C=S) groups is 1. The summed E-state index contributed by atoms with van der Waals surface area (Å²) < 4.78 is 0. The molecule has 1 aliphatic carbocycles. The molecule has 3 nitrogen and oxygen atoms in total. The molecule has 1 saturated carbocycles. The van der Waals surface area contributed by atoms with Crippen LogP contribution in [0, 0.1) is 13.8 Å². The van der Waals surface area contributed by atoms with Crippen molar-refractivity contribution in [3.05, 3.63) is 34.9 Å². The third kappa shape index (κ3) is 3.43. The van der Waals surface area contributed by atoms with Gasteiger partial charge in [0.1, 0.15) is 0 Å². The Hall–Kier alpha value is -1.42. The van der Waals surface area contributed by atoms with Crippen molar-refractivity contribution in [2.75, 3.05) is 0 Å². The SMILES string of the molecule is Cc1cccc(C)c1C(=O)NC1(C(N)=S)CCCCCC1. The van der Waals surface area contributed by atoms with Crippen LogP contribution in [-0.2, 0) is 0 Å². The number of rotatable bonds is 3. The molecule has 0 unspecified atom stereocenters. The number of aryl methyl sites for hydroxylation is 2. The quantitative estimate of drug-likeness (QED) is 0.664. The fraction of sp³-hybridized carbons (Fsp3) is 0.529. The van der Waals surface area contributed by atoms with Crippen LogP contribution in [0.4, 0.5) is 0 Å². The molecule has 0 bridgehead atoms. The van der Waals surface area contributed by atoms with Crippen molar-refractivity contribution in [2.24, 2.45) is 5.73 Å². The van der Waals surface area contributed by atoms with E-state index < -0.39 is 5.54 Å². The first-order valence-electron chi connectivity index (χ1n) is 7.65. The second-order valence-corrected chi connectivity index (χ2v) is 6.52. The summed E-state index contributed by atoms with van der Waals surface area (Å²) in [4.78, 5) is 13.2. The van der Waals surface area contributed by atoms with Gasteiger partial charge in [0.05, 0.1) is 10.5 Å². The van der Waals surface area contributed by atoms with Gasteiger partial charge in [0, 0.05) is 5.56 Å². The number of nitrogens with two attached hydrogens (primary N) is 1. The normalized spacial score (nSPS) is 17.8. The Kier molecular flexibility index (Phi) is 4.99. The fourth-order valence-electron chi connectivity index (χ4n) is 3.22. The number of carbonyl (C=O) groups excluding carboxylic acids is 1. The molecule has 0 aliphatic heterocycles. The molecule has 3 N–H and O–H groups in total. The molecule has 1 aliphatic rings. The molecule has 0 spiro atoms. The van der Waals surface area contributed by atoms with Gasteiger partial charge in [-0.1, -0.05) is 56.1 Å². The van der Waals surface area contributed by atoms with Crippen LogP contribution in [0.15, 0.2) is 18.2 Å². The molecular formula is C17H24N2OS. The maximum absolute atomic E-state index is 12.8. The molecule has 21 heavy (non-hydrogen) atoms. The number of benzene rings is 1. The molecule has 0 aromatic heterocycles. The summed E-state index contributed by atoms with van der Waals surface area (Å²) in [5.41, 5.74) is 8.19. The van der Waals surface area contributed by atoms with Gasteiger partial charge < -0.3 is 11.1 Å². The molecule has 4 heteroatoms. The van der Waals surface area contributed by atoms with E-state index >= 15 is 0 Å². The molecule has 2 rings (SSSR count). The van der Waals surface area contributed by atoms with Crippen LogP contribution >= 0.6 is 12.2 Å². The predicted molar refractivity (Wildman–Crippen MR) is 90.6 cm³/mol. The number of carbonyl (C=O) groups is 1. The van der Waals surface area contributed by atoms with Crippen LogP contribution in [0.2, 0.25) is 0 Å². The lowest BCUT2D eigenvalue weighted by molar-refractivity contribution is 0.0916. The number of amides is 1. The Balaban J connectivity index is 2.28. The first-order valence-corrected chi connectivity index (χ1v) is 8.06. The average Bonchev–Trinajstić information content (AvgIpc) is 2.65. The molecule has 0 heterocycles. The van der Waals surface area contributed by atoms with Crippen LogP contribution in [0.5, 0.6) is 0 Å². The van der Waals surface area contributed by atoms with Crippen molar-refractivity contribution < 1.29 is 4.79 Å². The lowest BCUT2D eigenvalue weighted by Gasteiger charge is -2.33. The van der Waals surface area contributed by atoms with Crippen molar-refractivity contribution in [2.45, 2.75) is 57.9 Å². The van der Waals surface area contributed by atoms with Crippen molar-refractivity contribution >= 4 is 23.1 Å². The molecule has 1 aromatic carbocycles. The Morgan fingerprint density at radius 2 is 1.67 bits per heavy atom. The summed E-state index contributed by atoms with van der Waals surface area (Å²) in [7, 11) is 0. The minimum absolute atomic E-state index is 0.0553. The van der Waals surface area contributed by atoms with Gasteiger partial charge in [-0.15, -0.1) is 0 Å². The number of hydrogen-bond acceptors (Lipinski definition) is 2. The Bertz CT molecular complexity index is 525. The highest BCUT2D eigenvalue weighted by Gasteiger charge is 2.36. The Labute approximate surface area is 132 Å². The molecule has 0 radical (unpaired) electrons. The van der Waals surface area contributed by atoms with E-state index in [4.69, 9.17) is 18.0 Å². The summed E-state index contributed by atoms with van der Waals surface area (Å²) in [6, 6.07) is 5.89. The lowest BCUT2D eigenvalue weighted by atomic mass is 9.89. The standard InChI is InChI=1S/C17H24N2OS/c1-12-8-7-9-13(2)14(12)15(20)19-17(16(18)21)10-5-3-4-6-11-17/h7-9H,3-6,10-11H2,1-2H3,(H2,18,21)(H,19,20). The van der Waals surface area contributed by atoms with Crippen molar-refractivity contribution in [3.8, 4) is 0 Å². The minimum atomic E-state index is -0.516. The van der Waals surface area contributed by atoms with Gasteiger partial charge in [0.2, 0.25) is 0 Å². The maximum atomic E-state index is 12.8. The van der Waals surface area contributed by atoms with Gasteiger partial charge in [0.25, 0.3) is 5.91 Å². The summed E-state index contributed by atoms with van der Waals surface area (Å²) in [6.45, 7) is 3.92.